The quantitative estimate of drug-likeness (QED) is 0.653. The van der Waals surface area contributed by atoms with Crippen LogP contribution in [-0.2, 0) is 9.53 Å². The van der Waals surface area contributed by atoms with Crippen LogP contribution in [0.3, 0.4) is 0 Å². The third-order valence-electron chi connectivity index (χ3n) is 2.14. The predicted molar refractivity (Wildman–Crippen MR) is 51.9 cm³/mol. The topological polar surface area (TPSA) is 49.8 Å². The van der Waals surface area contributed by atoms with Crippen LogP contribution in [0.1, 0.15) is 13.8 Å². The van der Waals surface area contributed by atoms with Crippen molar-refractivity contribution >= 4 is 5.97 Å². The van der Waals surface area contributed by atoms with Crippen LogP contribution in [0.15, 0.2) is 0 Å². The second-order valence-electron chi connectivity index (χ2n) is 3.70. The van der Waals surface area contributed by atoms with Gasteiger partial charge in [0.15, 0.2) is 0 Å². The molecule has 0 aromatic heterocycles. The highest BCUT2D eigenvalue weighted by Gasteiger charge is 2.39. The second kappa shape index (κ2) is 4.45. The highest BCUT2D eigenvalue weighted by molar-refractivity contribution is 5.68. The van der Waals surface area contributed by atoms with Gasteiger partial charge < -0.3 is 9.84 Å². The van der Waals surface area contributed by atoms with Crippen molar-refractivity contribution < 1.29 is 14.6 Å². The second-order valence-corrected chi connectivity index (χ2v) is 3.70. The highest BCUT2D eigenvalue weighted by Crippen LogP contribution is 2.23. The van der Waals surface area contributed by atoms with E-state index in [2.05, 4.69) is 16.7 Å². The van der Waals surface area contributed by atoms with Crippen LogP contribution >= 0.6 is 0 Å². The Morgan fingerprint density at radius 2 is 2.29 bits per heavy atom. The average Bonchev–Trinajstić information content (AvgIpc) is 2.07. The van der Waals surface area contributed by atoms with E-state index < -0.39 is 5.97 Å². The Balaban J connectivity index is 2.22. The van der Waals surface area contributed by atoms with Crippen molar-refractivity contribution in [2.45, 2.75) is 19.4 Å². The predicted octanol–water partition coefficient (Wildman–Crippen LogP) is 0.185. The summed E-state index contributed by atoms with van der Waals surface area (Å²) in [5.41, 5.74) is -0.298. The maximum Gasteiger partial charge on any atom is 0.329 e. The van der Waals surface area contributed by atoms with Crippen LogP contribution in [0.5, 0.6) is 0 Å². The fraction of sp³-hybridized carbons (Fsp3) is 0.700. The van der Waals surface area contributed by atoms with Crippen molar-refractivity contribution in [2.24, 2.45) is 0 Å². The molecule has 0 atom stereocenters. The van der Waals surface area contributed by atoms with E-state index in [0.717, 1.165) is 19.6 Å². The van der Waals surface area contributed by atoms with Crippen molar-refractivity contribution in [3.8, 4) is 11.8 Å². The van der Waals surface area contributed by atoms with Crippen molar-refractivity contribution in [2.75, 3.05) is 26.2 Å². The molecular weight excluding hydrogens is 182 g/mol. The van der Waals surface area contributed by atoms with Crippen molar-refractivity contribution in [3.63, 3.8) is 0 Å². The number of hydrogen-bond donors (Lipinski definition) is 1. The number of ether oxygens (including phenoxy) is 1. The van der Waals surface area contributed by atoms with Gasteiger partial charge in [-0.3, -0.25) is 4.90 Å². The van der Waals surface area contributed by atoms with Crippen molar-refractivity contribution in [1.29, 1.82) is 0 Å². The normalized spacial score (nSPS) is 19.3. The molecule has 1 fully saturated rings. The Morgan fingerprint density at radius 3 is 2.79 bits per heavy atom. The first-order valence-electron chi connectivity index (χ1n) is 4.53. The van der Waals surface area contributed by atoms with Gasteiger partial charge in [-0.2, -0.15) is 0 Å². The number of rotatable bonds is 4. The fourth-order valence-corrected chi connectivity index (χ4v) is 1.53. The van der Waals surface area contributed by atoms with Crippen LogP contribution in [0, 0.1) is 11.8 Å². The summed E-state index contributed by atoms with van der Waals surface area (Å²) < 4.78 is 5.25. The van der Waals surface area contributed by atoms with Gasteiger partial charge >= 0.3 is 5.97 Å². The molecule has 1 aliphatic rings. The number of nitrogens with zero attached hydrogens (tertiary/aromatic N) is 1. The summed E-state index contributed by atoms with van der Waals surface area (Å²) in [6, 6.07) is 0. The molecule has 0 amide bonds. The van der Waals surface area contributed by atoms with E-state index in [0.29, 0.717) is 0 Å². The van der Waals surface area contributed by atoms with E-state index in [1.807, 2.05) is 6.92 Å². The summed E-state index contributed by atoms with van der Waals surface area (Å²) in [6.07, 6.45) is 0. The summed E-state index contributed by atoms with van der Waals surface area (Å²) in [7, 11) is 0. The van der Waals surface area contributed by atoms with E-state index in [9.17, 15) is 4.79 Å². The summed E-state index contributed by atoms with van der Waals surface area (Å²) in [6.45, 7) is 5.77. The molecule has 0 aromatic rings. The zero-order valence-corrected chi connectivity index (χ0v) is 8.54. The zero-order chi connectivity index (χ0) is 10.6. The molecule has 78 valence electrons. The molecule has 0 saturated carbocycles. The molecule has 14 heavy (non-hydrogen) atoms. The molecule has 4 heteroatoms. The molecule has 0 radical (unpaired) electrons. The van der Waals surface area contributed by atoms with E-state index in [1.165, 1.54) is 0 Å². The smallest absolute Gasteiger partial charge is 0.329 e. The minimum atomic E-state index is -0.918. The van der Waals surface area contributed by atoms with Gasteiger partial charge in [0.1, 0.15) is 6.61 Å². The molecule has 4 nitrogen and oxygen atoms in total. The third-order valence-corrected chi connectivity index (χ3v) is 2.14. The van der Waals surface area contributed by atoms with Gasteiger partial charge in [-0.25, -0.2) is 4.79 Å². The lowest BCUT2D eigenvalue weighted by Crippen LogP contribution is -2.61. The van der Waals surface area contributed by atoms with Crippen LogP contribution < -0.4 is 0 Å². The SMILES string of the molecule is CC#CCN1CC(C)(OCC(=O)O)C1. The summed E-state index contributed by atoms with van der Waals surface area (Å²) >= 11 is 0. The van der Waals surface area contributed by atoms with Gasteiger partial charge in [-0.1, -0.05) is 5.92 Å². The lowest BCUT2D eigenvalue weighted by atomic mass is 9.96. The van der Waals surface area contributed by atoms with Crippen LogP contribution in [-0.4, -0.2) is 47.8 Å². The Bertz CT molecular complexity index is 271. The number of likely N-dealkylation sites (tertiary alicyclic amines) is 1. The number of carboxylic acid groups (broad SMARTS) is 1. The van der Waals surface area contributed by atoms with Gasteiger partial charge in [0.25, 0.3) is 0 Å². The van der Waals surface area contributed by atoms with Gasteiger partial charge in [-0.15, -0.1) is 5.92 Å². The van der Waals surface area contributed by atoms with Gasteiger partial charge in [0.05, 0.1) is 12.1 Å². The van der Waals surface area contributed by atoms with E-state index >= 15 is 0 Å². The molecule has 1 heterocycles. The van der Waals surface area contributed by atoms with Crippen LogP contribution in [0.4, 0.5) is 0 Å². The fourth-order valence-electron chi connectivity index (χ4n) is 1.53. The zero-order valence-electron chi connectivity index (χ0n) is 8.54. The molecule has 1 saturated heterocycles. The Morgan fingerprint density at radius 1 is 1.64 bits per heavy atom. The van der Waals surface area contributed by atoms with Crippen LogP contribution in [0.25, 0.3) is 0 Å². The molecule has 0 aromatic carbocycles. The first kappa shape index (κ1) is 11.0. The van der Waals surface area contributed by atoms with E-state index in [4.69, 9.17) is 9.84 Å². The number of hydrogen-bond acceptors (Lipinski definition) is 3. The third kappa shape index (κ3) is 3.02. The van der Waals surface area contributed by atoms with E-state index in [-0.39, 0.29) is 12.2 Å². The maximum absolute atomic E-state index is 10.3. The molecule has 1 rings (SSSR count). The largest absolute Gasteiger partial charge is 0.480 e. The van der Waals surface area contributed by atoms with Crippen LogP contribution in [0.2, 0.25) is 0 Å². The number of carbonyl (C=O) groups is 1. The molecule has 1 aliphatic heterocycles. The molecule has 1 N–H and O–H groups in total. The van der Waals surface area contributed by atoms with Gasteiger partial charge in [0.2, 0.25) is 0 Å². The Labute approximate surface area is 83.8 Å². The standard InChI is InChI=1S/C10H15NO3/c1-3-4-5-11-7-10(2,8-11)14-6-9(12)13/h5-8H2,1-2H3,(H,12,13). The molecule has 0 aliphatic carbocycles. The highest BCUT2D eigenvalue weighted by atomic mass is 16.5. The maximum atomic E-state index is 10.3. The number of carboxylic acids is 1. The summed E-state index contributed by atoms with van der Waals surface area (Å²) in [4.78, 5) is 12.4. The number of aliphatic carboxylic acids is 1. The summed E-state index contributed by atoms with van der Waals surface area (Å²) in [5, 5.41) is 8.44. The van der Waals surface area contributed by atoms with Gasteiger partial charge in [-0.05, 0) is 13.8 Å². The lowest BCUT2D eigenvalue weighted by Gasteiger charge is -2.46. The Kier molecular flexibility index (Phi) is 3.50. The molecular formula is C10H15NO3. The van der Waals surface area contributed by atoms with Gasteiger partial charge in [0, 0.05) is 13.1 Å². The Hall–Kier alpha value is -1.05. The summed E-state index contributed by atoms with van der Waals surface area (Å²) in [5.74, 6) is 4.86. The van der Waals surface area contributed by atoms with Crippen molar-refractivity contribution in [3.05, 3.63) is 0 Å². The lowest BCUT2D eigenvalue weighted by molar-refractivity contribution is -0.163. The first-order valence-corrected chi connectivity index (χ1v) is 4.53. The monoisotopic (exact) mass is 197 g/mol. The first-order chi connectivity index (χ1) is 6.56. The molecule has 0 bridgehead atoms. The minimum absolute atomic E-state index is 0.218. The van der Waals surface area contributed by atoms with Crippen molar-refractivity contribution in [1.82, 2.24) is 4.90 Å². The molecule has 0 unspecified atom stereocenters. The average molecular weight is 197 g/mol. The minimum Gasteiger partial charge on any atom is -0.480 e. The van der Waals surface area contributed by atoms with E-state index in [1.54, 1.807) is 6.92 Å². The molecule has 0 spiro atoms.